The van der Waals surface area contributed by atoms with Crippen LogP contribution in [-0.2, 0) is 0 Å². The second-order valence-electron chi connectivity index (χ2n) is 6.37. The maximum absolute atomic E-state index is 12.9. The normalized spacial score (nSPS) is 21.2. The molecule has 2 atom stereocenters. The van der Waals surface area contributed by atoms with Gasteiger partial charge >= 0.3 is 0 Å². The van der Waals surface area contributed by atoms with Gasteiger partial charge in [-0.3, -0.25) is 4.99 Å². The van der Waals surface area contributed by atoms with Crippen LogP contribution in [0.5, 0.6) is 0 Å². The van der Waals surface area contributed by atoms with Crippen LogP contribution in [0.2, 0.25) is 0 Å². The lowest BCUT2D eigenvalue weighted by molar-refractivity contribution is 0.315. The first kappa shape index (κ1) is 15.4. The van der Waals surface area contributed by atoms with Crippen LogP contribution in [0.1, 0.15) is 45.7 Å². The van der Waals surface area contributed by atoms with Crippen LogP contribution >= 0.6 is 11.8 Å². The number of nitrogens with one attached hydrogen (secondary N) is 1. The van der Waals surface area contributed by atoms with Crippen molar-refractivity contribution in [2.24, 2.45) is 10.4 Å². The van der Waals surface area contributed by atoms with Crippen LogP contribution in [0.25, 0.3) is 0 Å². The molecule has 2 rings (SSSR count). The molecule has 0 saturated heterocycles. The van der Waals surface area contributed by atoms with Crippen molar-refractivity contribution in [1.82, 2.24) is 5.32 Å². The van der Waals surface area contributed by atoms with E-state index in [0.717, 1.165) is 22.9 Å². The third-order valence-electron chi connectivity index (χ3n) is 3.61. The predicted octanol–water partition coefficient (Wildman–Crippen LogP) is 4.38. The van der Waals surface area contributed by atoms with Crippen molar-refractivity contribution in [1.29, 1.82) is 0 Å². The van der Waals surface area contributed by atoms with Crippen molar-refractivity contribution in [2.45, 2.75) is 46.2 Å². The van der Waals surface area contributed by atoms with E-state index in [1.165, 1.54) is 12.1 Å². The Kier molecular flexibility index (Phi) is 4.74. The summed E-state index contributed by atoms with van der Waals surface area (Å²) in [5, 5.41) is 4.45. The largest absolute Gasteiger partial charge is 0.358 e. The fourth-order valence-corrected chi connectivity index (χ4v) is 3.23. The molecule has 1 heterocycles. The molecule has 0 aliphatic carbocycles. The van der Waals surface area contributed by atoms with E-state index < -0.39 is 0 Å². The minimum absolute atomic E-state index is 0.139. The van der Waals surface area contributed by atoms with Crippen LogP contribution in [0.3, 0.4) is 0 Å². The van der Waals surface area contributed by atoms with Gasteiger partial charge in [0.1, 0.15) is 5.82 Å². The maximum atomic E-state index is 12.9. The molecule has 4 heteroatoms. The van der Waals surface area contributed by atoms with Gasteiger partial charge < -0.3 is 5.32 Å². The van der Waals surface area contributed by atoms with Gasteiger partial charge in [-0.2, -0.15) is 0 Å². The smallest absolute Gasteiger partial charge is 0.157 e. The number of thioether (sulfide) groups is 1. The van der Waals surface area contributed by atoms with Gasteiger partial charge in [0.2, 0.25) is 0 Å². The topological polar surface area (TPSA) is 24.4 Å². The Hall–Kier alpha value is -1.03. The number of nitrogens with zero attached hydrogens (tertiary/aromatic N) is 1. The summed E-state index contributed by atoms with van der Waals surface area (Å²) in [6, 6.07) is 7.15. The molecule has 0 bridgehead atoms. The van der Waals surface area contributed by atoms with E-state index in [1.807, 2.05) is 12.1 Å². The summed E-state index contributed by atoms with van der Waals surface area (Å²) in [5.41, 5.74) is 1.28. The Labute approximate surface area is 125 Å². The van der Waals surface area contributed by atoms with Crippen molar-refractivity contribution in [2.75, 3.05) is 5.75 Å². The third kappa shape index (κ3) is 3.98. The standard InChI is InChI=1S/C16H23FN2S/c1-11(12-5-7-13(17)8-6-12)18-15-19-14(9-10-20-15)16(2,3)4/h5-8,11,14H,9-10H2,1-4H3,(H,18,19). The number of halogens is 1. The van der Waals surface area contributed by atoms with Gasteiger partial charge in [0.05, 0.1) is 12.1 Å². The number of aliphatic imine (C=N–C) groups is 1. The molecule has 1 aromatic carbocycles. The maximum Gasteiger partial charge on any atom is 0.157 e. The van der Waals surface area contributed by atoms with E-state index in [2.05, 4.69) is 33.0 Å². The first-order valence-corrected chi connectivity index (χ1v) is 8.07. The summed E-state index contributed by atoms with van der Waals surface area (Å²) in [7, 11) is 0. The Morgan fingerprint density at radius 2 is 1.95 bits per heavy atom. The molecule has 110 valence electrons. The molecule has 0 aromatic heterocycles. The second kappa shape index (κ2) is 6.17. The first-order valence-electron chi connectivity index (χ1n) is 7.09. The summed E-state index contributed by atoms with van der Waals surface area (Å²) in [5.74, 6) is 0.905. The molecule has 0 amide bonds. The molecule has 2 nitrogen and oxygen atoms in total. The Bertz CT molecular complexity index is 476. The minimum atomic E-state index is -0.196. The van der Waals surface area contributed by atoms with Gasteiger partial charge in [-0.05, 0) is 36.5 Å². The lowest BCUT2D eigenvalue weighted by atomic mass is 9.85. The lowest BCUT2D eigenvalue weighted by Gasteiger charge is -2.31. The molecule has 1 aliphatic heterocycles. The molecule has 1 aromatic rings. The number of hydrogen-bond acceptors (Lipinski definition) is 3. The van der Waals surface area contributed by atoms with Crippen LogP contribution in [0, 0.1) is 11.2 Å². The summed E-state index contributed by atoms with van der Waals surface area (Å²) in [6.45, 7) is 8.78. The monoisotopic (exact) mass is 294 g/mol. The van der Waals surface area contributed by atoms with Gasteiger partial charge in [0.25, 0.3) is 0 Å². The fraction of sp³-hybridized carbons (Fsp3) is 0.562. The van der Waals surface area contributed by atoms with Gasteiger partial charge in [-0.1, -0.05) is 44.7 Å². The van der Waals surface area contributed by atoms with E-state index in [0.29, 0.717) is 6.04 Å². The molecular weight excluding hydrogens is 271 g/mol. The molecule has 0 radical (unpaired) electrons. The van der Waals surface area contributed by atoms with Crippen molar-refractivity contribution in [3.63, 3.8) is 0 Å². The Morgan fingerprint density at radius 1 is 1.30 bits per heavy atom. The highest BCUT2D eigenvalue weighted by molar-refractivity contribution is 8.13. The SMILES string of the molecule is CC(NC1=NC(C(C)(C)C)CCS1)c1ccc(F)cc1. The zero-order valence-electron chi connectivity index (χ0n) is 12.6. The molecule has 20 heavy (non-hydrogen) atoms. The molecule has 0 saturated carbocycles. The second-order valence-corrected chi connectivity index (χ2v) is 7.45. The Balaban J connectivity index is 2.05. The van der Waals surface area contributed by atoms with E-state index >= 15 is 0 Å². The summed E-state index contributed by atoms with van der Waals surface area (Å²) in [6.07, 6.45) is 1.13. The summed E-state index contributed by atoms with van der Waals surface area (Å²) >= 11 is 1.77. The third-order valence-corrected chi connectivity index (χ3v) is 4.55. The number of amidine groups is 1. The van der Waals surface area contributed by atoms with Crippen molar-refractivity contribution >= 4 is 16.9 Å². The highest BCUT2D eigenvalue weighted by atomic mass is 32.2. The zero-order chi connectivity index (χ0) is 14.8. The van der Waals surface area contributed by atoms with E-state index in [1.54, 1.807) is 11.8 Å². The molecule has 1 N–H and O–H groups in total. The number of benzene rings is 1. The molecule has 0 fully saturated rings. The predicted molar refractivity (Wildman–Crippen MR) is 85.7 cm³/mol. The lowest BCUT2D eigenvalue weighted by Crippen LogP contribution is -2.34. The highest BCUT2D eigenvalue weighted by Crippen LogP contribution is 2.30. The van der Waals surface area contributed by atoms with Crippen LogP contribution in [0.15, 0.2) is 29.3 Å². The molecule has 0 spiro atoms. The van der Waals surface area contributed by atoms with Crippen molar-refractivity contribution in [3.05, 3.63) is 35.6 Å². The first-order chi connectivity index (χ1) is 9.36. The van der Waals surface area contributed by atoms with Gasteiger partial charge in [0.15, 0.2) is 5.17 Å². The fourth-order valence-electron chi connectivity index (χ4n) is 2.24. The van der Waals surface area contributed by atoms with E-state index in [-0.39, 0.29) is 17.3 Å². The average Bonchev–Trinajstić information content (AvgIpc) is 2.38. The van der Waals surface area contributed by atoms with Gasteiger partial charge in [-0.25, -0.2) is 4.39 Å². The Morgan fingerprint density at radius 3 is 2.55 bits per heavy atom. The van der Waals surface area contributed by atoms with Crippen molar-refractivity contribution < 1.29 is 4.39 Å². The molecule has 1 aliphatic rings. The zero-order valence-corrected chi connectivity index (χ0v) is 13.4. The quantitative estimate of drug-likeness (QED) is 0.875. The van der Waals surface area contributed by atoms with E-state index in [4.69, 9.17) is 4.99 Å². The van der Waals surface area contributed by atoms with Crippen molar-refractivity contribution in [3.8, 4) is 0 Å². The van der Waals surface area contributed by atoms with Crippen LogP contribution in [0.4, 0.5) is 4.39 Å². The minimum Gasteiger partial charge on any atom is -0.358 e. The average molecular weight is 294 g/mol. The number of rotatable bonds is 2. The summed E-state index contributed by atoms with van der Waals surface area (Å²) < 4.78 is 12.9. The highest BCUT2D eigenvalue weighted by Gasteiger charge is 2.27. The summed E-state index contributed by atoms with van der Waals surface area (Å²) in [4.78, 5) is 4.83. The van der Waals surface area contributed by atoms with Crippen LogP contribution < -0.4 is 5.32 Å². The van der Waals surface area contributed by atoms with E-state index in [9.17, 15) is 4.39 Å². The van der Waals surface area contributed by atoms with Gasteiger partial charge in [-0.15, -0.1) is 0 Å². The molecule has 2 unspecified atom stereocenters. The molecular formula is C16H23FN2S. The van der Waals surface area contributed by atoms with Gasteiger partial charge in [0, 0.05) is 5.75 Å². The van der Waals surface area contributed by atoms with Crippen LogP contribution in [-0.4, -0.2) is 17.0 Å². The number of hydrogen-bond donors (Lipinski definition) is 1.